The number of carboxylic acids is 1. The zero-order valence-electron chi connectivity index (χ0n) is 20.1. The van der Waals surface area contributed by atoms with Crippen molar-refractivity contribution < 1.29 is 19.4 Å². The van der Waals surface area contributed by atoms with Gasteiger partial charge in [-0.25, -0.2) is 14.5 Å². The summed E-state index contributed by atoms with van der Waals surface area (Å²) in [5.41, 5.74) is 3.66. The molecule has 2 unspecified atom stereocenters. The highest BCUT2D eigenvalue weighted by Crippen LogP contribution is 2.30. The van der Waals surface area contributed by atoms with Crippen LogP contribution in [0.25, 0.3) is 0 Å². The molecule has 2 atom stereocenters. The second-order valence-corrected chi connectivity index (χ2v) is 8.67. The van der Waals surface area contributed by atoms with E-state index in [1.165, 1.54) is 0 Å². The van der Waals surface area contributed by atoms with Gasteiger partial charge in [0.2, 0.25) is 0 Å². The summed E-state index contributed by atoms with van der Waals surface area (Å²) in [7, 11) is 0. The molecule has 0 bridgehead atoms. The number of aryl methyl sites for hydroxylation is 1. The number of rotatable bonds is 10. The highest BCUT2D eigenvalue weighted by atomic mass is 16.6. The molecule has 0 aliphatic rings. The molecule has 1 amide bonds. The summed E-state index contributed by atoms with van der Waals surface area (Å²) in [6, 6.07) is 24.4. The van der Waals surface area contributed by atoms with Crippen molar-refractivity contribution in [3.8, 4) is 0 Å². The summed E-state index contributed by atoms with van der Waals surface area (Å²) in [5, 5.41) is 9.69. The third kappa shape index (κ3) is 6.47. The number of aromatic carboxylic acids is 1. The first-order valence-electron chi connectivity index (χ1n) is 11.9. The van der Waals surface area contributed by atoms with Crippen LogP contribution in [0.15, 0.2) is 78.9 Å². The number of carbonyl (C=O) groups is 2. The van der Waals surface area contributed by atoms with E-state index in [0.717, 1.165) is 41.8 Å². The molecule has 5 heteroatoms. The second kappa shape index (κ2) is 12.0. The number of nitrogens with zero attached hydrogens (tertiary/aromatic N) is 1. The molecule has 0 aliphatic carbocycles. The van der Waals surface area contributed by atoms with E-state index in [2.05, 4.69) is 6.92 Å². The lowest BCUT2D eigenvalue weighted by atomic mass is 9.89. The van der Waals surface area contributed by atoms with Gasteiger partial charge in [-0.05, 0) is 73.6 Å². The van der Waals surface area contributed by atoms with Crippen LogP contribution in [0, 0.1) is 0 Å². The Morgan fingerprint density at radius 3 is 2.03 bits per heavy atom. The van der Waals surface area contributed by atoms with E-state index in [-0.39, 0.29) is 5.92 Å². The van der Waals surface area contributed by atoms with E-state index in [9.17, 15) is 14.7 Å². The normalized spacial score (nSPS) is 12.6. The van der Waals surface area contributed by atoms with Gasteiger partial charge in [0, 0.05) is 0 Å². The quantitative estimate of drug-likeness (QED) is 0.339. The van der Waals surface area contributed by atoms with Gasteiger partial charge in [0.1, 0.15) is 6.10 Å². The Balaban J connectivity index is 1.77. The number of ether oxygens (including phenoxy) is 1. The van der Waals surface area contributed by atoms with Gasteiger partial charge in [0.15, 0.2) is 0 Å². The molecule has 3 aromatic carbocycles. The van der Waals surface area contributed by atoms with E-state index >= 15 is 0 Å². The number of unbranched alkanes of at least 4 members (excludes halogenated alkanes) is 1. The largest absolute Gasteiger partial charge is 0.478 e. The topological polar surface area (TPSA) is 66.8 Å². The summed E-state index contributed by atoms with van der Waals surface area (Å²) in [4.78, 5) is 26.6. The van der Waals surface area contributed by atoms with Crippen molar-refractivity contribution in [2.45, 2.75) is 58.5 Å². The van der Waals surface area contributed by atoms with Gasteiger partial charge in [-0.1, -0.05) is 68.8 Å². The van der Waals surface area contributed by atoms with E-state index in [1.807, 2.05) is 86.6 Å². The Morgan fingerprint density at radius 2 is 1.50 bits per heavy atom. The zero-order valence-corrected chi connectivity index (χ0v) is 20.1. The van der Waals surface area contributed by atoms with Crippen LogP contribution in [0.4, 0.5) is 16.2 Å². The van der Waals surface area contributed by atoms with Crippen LogP contribution in [-0.4, -0.2) is 23.3 Å². The molecule has 0 saturated heterocycles. The molecule has 3 rings (SSSR count). The Kier molecular flexibility index (Phi) is 8.86. The molecule has 178 valence electrons. The van der Waals surface area contributed by atoms with Crippen molar-refractivity contribution >= 4 is 23.4 Å². The van der Waals surface area contributed by atoms with Crippen LogP contribution in [0.5, 0.6) is 0 Å². The fourth-order valence-electron chi connectivity index (χ4n) is 4.16. The lowest BCUT2D eigenvalue weighted by Crippen LogP contribution is -2.30. The van der Waals surface area contributed by atoms with Gasteiger partial charge in [0.25, 0.3) is 0 Å². The minimum atomic E-state index is -0.937. The standard InChI is InChI=1S/C29H33NO4/c1-4-5-12-23-17-18-26(28(31)32)27(20-23)21(2)19-22(3)34-29(33)30(24-13-8-6-9-14-24)25-15-10-7-11-16-25/h6-11,13-18,20-22H,4-5,12,19H2,1-3H3,(H,31,32). The van der Waals surface area contributed by atoms with E-state index in [0.29, 0.717) is 12.0 Å². The molecular weight excluding hydrogens is 426 g/mol. The molecule has 5 nitrogen and oxygen atoms in total. The molecule has 0 aliphatic heterocycles. The molecule has 0 radical (unpaired) electrons. The molecule has 0 spiro atoms. The minimum Gasteiger partial charge on any atom is -0.478 e. The van der Waals surface area contributed by atoms with Crippen molar-refractivity contribution in [3.05, 3.63) is 95.6 Å². The van der Waals surface area contributed by atoms with Gasteiger partial charge < -0.3 is 9.84 Å². The molecule has 0 aromatic heterocycles. The second-order valence-electron chi connectivity index (χ2n) is 8.67. The van der Waals surface area contributed by atoms with Crippen LogP contribution in [0.2, 0.25) is 0 Å². The Hall–Kier alpha value is -3.60. The Labute approximate surface area is 202 Å². The van der Waals surface area contributed by atoms with Crippen LogP contribution in [0.3, 0.4) is 0 Å². The summed E-state index contributed by atoms with van der Waals surface area (Å²) < 4.78 is 5.85. The summed E-state index contributed by atoms with van der Waals surface area (Å²) in [5.74, 6) is -1.02. The molecular formula is C29H33NO4. The third-order valence-corrected chi connectivity index (χ3v) is 5.90. The van der Waals surface area contributed by atoms with Gasteiger partial charge in [0.05, 0.1) is 16.9 Å². The van der Waals surface area contributed by atoms with Crippen LogP contribution in [0.1, 0.15) is 67.4 Å². The molecule has 3 aromatic rings. The minimum absolute atomic E-state index is 0.0858. The highest BCUT2D eigenvalue weighted by Gasteiger charge is 2.24. The van der Waals surface area contributed by atoms with Crippen LogP contribution in [-0.2, 0) is 11.2 Å². The molecule has 0 heterocycles. The number of hydrogen-bond donors (Lipinski definition) is 1. The SMILES string of the molecule is CCCCc1ccc(C(=O)O)c(C(C)CC(C)OC(=O)N(c2ccccc2)c2ccccc2)c1. The van der Waals surface area contributed by atoms with E-state index < -0.39 is 18.2 Å². The van der Waals surface area contributed by atoms with Gasteiger partial charge in [-0.3, -0.25) is 0 Å². The number of para-hydroxylation sites is 2. The summed E-state index contributed by atoms with van der Waals surface area (Å²) >= 11 is 0. The molecule has 1 N–H and O–H groups in total. The average molecular weight is 460 g/mol. The van der Waals surface area contributed by atoms with Crippen LogP contribution < -0.4 is 4.90 Å². The maximum Gasteiger partial charge on any atom is 0.419 e. The summed E-state index contributed by atoms with van der Waals surface area (Å²) in [6.07, 6.45) is 2.70. The predicted octanol–water partition coefficient (Wildman–Crippen LogP) is 7.58. The first-order chi connectivity index (χ1) is 16.4. The smallest absolute Gasteiger partial charge is 0.419 e. The van der Waals surface area contributed by atoms with Crippen molar-refractivity contribution in [3.63, 3.8) is 0 Å². The number of carbonyl (C=O) groups excluding carboxylic acids is 1. The molecule has 0 saturated carbocycles. The van der Waals surface area contributed by atoms with Crippen molar-refractivity contribution in [1.29, 1.82) is 0 Å². The Bertz CT molecular complexity index is 1040. The number of amides is 1. The highest BCUT2D eigenvalue weighted by molar-refractivity contribution is 5.96. The van der Waals surface area contributed by atoms with Crippen molar-refractivity contribution in [1.82, 2.24) is 0 Å². The maximum absolute atomic E-state index is 13.2. The molecule has 34 heavy (non-hydrogen) atoms. The maximum atomic E-state index is 13.2. The number of anilines is 2. The zero-order chi connectivity index (χ0) is 24.5. The average Bonchev–Trinajstić information content (AvgIpc) is 2.83. The van der Waals surface area contributed by atoms with Gasteiger partial charge in [-0.15, -0.1) is 0 Å². The van der Waals surface area contributed by atoms with Gasteiger partial charge in [-0.2, -0.15) is 0 Å². The van der Waals surface area contributed by atoms with Gasteiger partial charge >= 0.3 is 12.1 Å². The van der Waals surface area contributed by atoms with E-state index in [4.69, 9.17) is 4.74 Å². The fraction of sp³-hybridized carbons (Fsp3) is 0.310. The van der Waals surface area contributed by atoms with Crippen molar-refractivity contribution in [2.75, 3.05) is 4.90 Å². The monoisotopic (exact) mass is 459 g/mol. The lowest BCUT2D eigenvalue weighted by Gasteiger charge is -2.26. The molecule has 0 fully saturated rings. The van der Waals surface area contributed by atoms with E-state index in [1.54, 1.807) is 11.0 Å². The van der Waals surface area contributed by atoms with Crippen LogP contribution >= 0.6 is 0 Å². The Morgan fingerprint density at radius 1 is 0.912 bits per heavy atom. The summed E-state index contributed by atoms with van der Waals surface area (Å²) in [6.45, 7) is 5.98. The lowest BCUT2D eigenvalue weighted by molar-refractivity contribution is 0.0693. The van der Waals surface area contributed by atoms with Crippen molar-refractivity contribution in [2.24, 2.45) is 0 Å². The number of benzene rings is 3. The number of carboxylic acid groups (broad SMARTS) is 1. The number of hydrogen-bond acceptors (Lipinski definition) is 3. The first kappa shape index (κ1) is 25.0. The third-order valence-electron chi connectivity index (χ3n) is 5.90. The fourth-order valence-corrected chi connectivity index (χ4v) is 4.16. The predicted molar refractivity (Wildman–Crippen MR) is 136 cm³/mol. The first-order valence-corrected chi connectivity index (χ1v) is 11.9.